The highest BCUT2D eigenvalue weighted by atomic mass is 19.3. The molecule has 0 spiro atoms. The Kier molecular flexibility index (Phi) is 2.32. The molecule has 5 heteroatoms. The van der Waals surface area contributed by atoms with Gasteiger partial charge in [0, 0.05) is 18.9 Å². The smallest absolute Gasteiger partial charge is 0.252 e. The Bertz CT molecular complexity index is 186. The van der Waals surface area contributed by atoms with Crippen LogP contribution < -0.4 is 11.1 Å². The molecule has 0 aromatic heterocycles. The number of rotatable bonds is 2. The van der Waals surface area contributed by atoms with E-state index in [1.807, 2.05) is 0 Å². The van der Waals surface area contributed by atoms with Gasteiger partial charge in [-0.1, -0.05) is 0 Å². The standard InChI is InChI=1S/C7H12F2N2O/c1-4(10)6(12)11-5-2-7(8,9)3-5/h4-5H,2-3,10H2,1H3,(H,11,12). The van der Waals surface area contributed by atoms with E-state index < -0.39 is 18.0 Å². The number of halogens is 2. The van der Waals surface area contributed by atoms with Crippen LogP contribution in [0, 0.1) is 0 Å². The fourth-order valence-corrected chi connectivity index (χ4v) is 1.10. The zero-order chi connectivity index (χ0) is 9.35. The first kappa shape index (κ1) is 9.38. The van der Waals surface area contributed by atoms with Gasteiger partial charge in [0.05, 0.1) is 6.04 Å². The average Bonchev–Trinajstić information content (AvgIpc) is 1.83. The van der Waals surface area contributed by atoms with Gasteiger partial charge in [-0.25, -0.2) is 8.78 Å². The van der Waals surface area contributed by atoms with E-state index in [2.05, 4.69) is 5.32 Å². The van der Waals surface area contributed by atoms with Gasteiger partial charge in [-0.15, -0.1) is 0 Å². The molecule has 3 nitrogen and oxygen atoms in total. The van der Waals surface area contributed by atoms with E-state index in [-0.39, 0.29) is 18.7 Å². The molecule has 1 amide bonds. The zero-order valence-corrected chi connectivity index (χ0v) is 6.81. The average molecular weight is 178 g/mol. The molecule has 3 N–H and O–H groups in total. The maximum atomic E-state index is 12.3. The summed E-state index contributed by atoms with van der Waals surface area (Å²) >= 11 is 0. The molecular formula is C7H12F2N2O. The Balaban J connectivity index is 2.23. The van der Waals surface area contributed by atoms with Crippen molar-refractivity contribution < 1.29 is 13.6 Å². The van der Waals surface area contributed by atoms with Crippen LogP contribution in [0.2, 0.25) is 0 Å². The van der Waals surface area contributed by atoms with Crippen molar-refractivity contribution in [3.05, 3.63) is 0 Å². The van der Waals surface area contributed by atoms with Crippen LogP contribution in [0.15, 0.2) is 0 Å². The number of amides is 1. The lowest BCUT2D eigenvalue weighted by Gasteiger charge is -2.35. The van der Waals surface area contributed by atoms with Gasteiger partial charge in [-0.3, -0.25) is 4.79 Å². The molecule has 0 aromatic rings. The molecular weight excluding hydrogens is 166 g/mol. The number of carbonyl (C=O) groups is 1. The monoisotopic (exact) mass is 178 g/mol. The molecule has 0 saturated heterocycles. The van der Waals surface area contributed by atoms with E-state index in [1.54, 1.807) is 0 Å². The minimum atomic E-state index is -2.59. The van der Waals surface area contributed by atoms with Gasteiger partial charge in [-0.05, 0) is 6.92 Å². The van der Waals surface area contributed by atoms with E-state index in [0.717, 1.165) is 0 Å². The molecule has 1 rings (SSSR count). The van der Waals surface area contributed by atoms with Crippen molar-refractivity contribution in [1.29, 1.82) is 0 Å². The minimum Gasteiger partial charge on any atom is -0.352 e. The van der Waals surface area contributed by atoms with Gasteiger partial charge in [0.15, 0.2) is 0 Å². The second-order valence-corrected chi connectivity index (χ2v) is 3.26. The number of nitrogens with one attached hydrogen (secondary N) is 1. The molecule has 0 aromatic carbocycles. The predicted molar refractivity (Wildman–Crippen MR) is 39.8 cm³/mol. The summed E-state index contributed by atoms with van der Waals surface area (Å²) in [5.41, 5.74) is 5.23. The summed E-state index contributed by atoms with van der Waals surface area (Å²) in [6.07, 6.45) is -0.517. The van der Waals surface area contributed by atoms with E-state index in [1.165, 1.54) is 6.92 Å². The Labute approximate surface area is 69.3 Å². The molecule has 0 aliphatic heterocycles. The minimum absolute atomic E-state index is 0.258. The van der Waals surface area contributed by atoms with Crippen molar-refractivity contribution in [2.45, 2.75) is 37.8 Å². The number of carbonyl (C=O) groups excluding carboxylic acids is 1. The van der Waals surface area contributed by atoms with Crippen molar-refractivity contribution in [2.24, 2.45) is 5.73 Å². The van der Waals surface area contributed by atoms with Crippen LogP contribution in [0.4, 0.5) is 8.78 Å². The normalized spacial score (nSPS) is 24.3. The third-order valence-electron chi connectivity index (χ3n) is 1.85. The van der Waals surface area contributed by atoms with Gasteiger partial charge < -0.3 is 11.1 Å². The summed E-state index contributed by atoms with van der Waals surface area (Å²) in [5.74, 6) is -2.95. The maximum Gasteiger partial charge on any atom is 0.252 e. The third-order valence-corrected chi connectivity index (χ3v) is 1.85. The first-order valence-electron chi connectivity index (χ1n) is 3.84. The lowest BCUT2D eigenvalue weighted by molar-refractivity contribution is -0.130. The molecule has 70 valence electrons. The number of hydrogen-bond acceptors (Lipinski definition) is 2. The van der Waals surface area contributed by atoms with Crippen LogP contribution in [-0.2, 0) is 4.79 Å². The van der Waals surface area contributed by atoms with E-state index in [4.69, 9.17) is 5.73 Å². The Morgan fingerprint density at radius 1 is 1.67 bits per heavy atom. The number of alkyl halides is 2. The molecule has 1 fully saturated rings. The molecule has 12 heavy (non-hydrogen) atoms. The Morgan fingerprint density at radius 2 is 2.17 bits per heavy atom. The number of nitrogens with two attached hydrogens (primary N) is 1. The maximum absolute atomic E-state index is 12.3. The van der Waals surface area contributed by atoms with Crippen LogP contribution in [0.1, 0.15) is 19.8 Å². The van der Waals surface area contributed by atoms with Crippen molar-refractivity contribution in [1.82, 2.24) is 5.32 Å². The van der Waals surface area contributed by atoms with Gasteiger partial charge in [-0.2, -0.15) is 0 Å². The van der Waals surface area contributed by atoms with Gasteiger partial charge in [0.2, 0.25) is 5.91 Å². The predicted octanol–water partition coefficient (Wildman–Crippen LogP) is 0.247. The largest absolute Gasteiger partial charge is 0.352 e. The van der Waals surface area contributed by atoms with Crippen LogP contribution in [0.25, 0.3) is 0 Å². The van der Waals surface area contributed by atoms with Gasteiger partial charge in [0.25, 0.3) is 5.92 Å². The van der Waals surface area contributed by atoms with Gasteiger partial charge >= 0.3 is 0 Å². The van der Waals surface area contributed by atoms with Crippen molar-refractivity contribution in [3.63, 3.8) is 0 Å². The van der Waals surface area contributed by atoms with E-state index in [0.29, 0.717) is 0 Å². The second-order valence-electron chi connectivity index (χ2n) is 3.26. The van der Waals surface area contributed by atoms with Crippen molar-refractivity contribution in [2.75, 3.05) is 0 Å². The van der Waals surface area contributed by atoms with Gasteiger partial charge in [0.1, 0.15) is 0 Å². The highest BCUT2D eigenvalue weighted by Crippen LogP contribution is 2.37. The lowest BCUT2D eigenvalue weighted by atomic mass is 9.88. The Morgan fingerprint density at radius 3 is 2.50 bits per heavy atom. The van der Waals surface area contributed by atoms with Crippen molar-refractivity contribution >= 4 is 5.91 Å². The molecule has 1 unspecified atom stereocenters. The van der Waals surface area contributed by atoms with E-state index >= 15 is 0 Å². The Hall–Kier alpha value is -0.710. The van der Waals surface area contributed by atoms with Crippen LogP contribution in [-0.4, -0.2) is 23.9 Å². The summed E-state index contributed by atoms with van der Waals surface area (Å²) in [4.78, 5) is 10.9. The first-order chi connectivity index (χ1) is 5.41. The SMILES string of the molecule is CC(N)C(=O)NC1CC(F)(F)C1. The van der Waals surface area contributed by atoms with Crippen molar-refractivity contribution in [3.8, 4) is 0 Å². The van der Waals surface area contributed by atoms with Crippen LogP contribution in [0.5, 0.6) is 0 Å². The highest BCUT2D eigenvalue weighted by Gasteiger charge is 2.45. The lowest BCUT2D eigenvalue weighted by Crippen LogP contribution is -2.53. The quantitative estimate of drug-likeness (QED) is 0.636. The topological polar surface area (TPSA) is 55.1 Å². The summed E-state index contributed by atoms with van der Waals surface area (Å²) in [7, 11) is 0. The summed E-state index contributed by atoms with van der Waals surface area (Å²) in [6.45, 7) is 1.52. The molecule has 1 atom stereocenters. The molecule has 0 heterocycles. The van der Waals surface area contributed by atoms with E-state index in [9.17, 15) is 13.6 Å². The molecule has 0 bridgehead atoms. The molecule has 1 saturated carbocycles. The van der Waals surface area contributed by atoms with Crippen LogP contribution in [0.3, 0.4) is 0 Å². The fraction of sp³-hybridized carbons (Fsp3) is 0.857. The summed E-state index contributed by atoms with van der Waals surface area (Å²) in [5, 5.41) is 2.43. The fourth-order valence-electron chi connectivity index (χ4n) is 1.10. The molecule has 1 aliphatic carbocycles. The number of hydrogen-bond donors (Lipinski definition) is 2. The third kappa shape index (κ3) is 2.14. The summed E-state index contributed by atoms with van der Waals surface area (Å²) < 4.78 is 24.5. The van der Waals surface area contributed by atoms with Crippen LogP contribution >= 0.6 is 0 Å². The highest BCUT2D eigenvalue weighted by molar-refractivity contribution is 5.81. The zero-order valence-electron chi connectivity index (χ0n) is 6.81. The molecule has 0 radical (unpaired) electrons. The second kappa shape index (κ2) is 2.97. The molecule has 1 aliphatic rings. The summed E-state index contributed by atoms with van der Waals surface area (Å²) in [6, 6.07) is -1.02. The first-order valence-corrected chi connectivity index (χ1v) is 3.84.